The maximum atomic E-state index is 13.7. The minimum atomic E-state index is -0.124. The molecule has 1 aliphatic carbocycles. The second-order valence-electron chi connectivity index (χ2n) is 10.4. The Hall–Kier alpha value is -2.68. The number of nitrogens with zero attached hydrogens (tertiary/aromatic N) is 5. The van der Waals surface area contributed by atoms with Crippen LogP contribution in [0, 0.1) is 0 Å². The standard InChI is InChI=1S/C27H36ClN7O/c1-19(2)33-13-15-34(16-14-33)27(10-4-3-5-11-27)18-31-25(36)20-17-35(26-30-12-9-23(29)32-26)22-8-6-7-21(28)24(20)22/h6-9,12,17,19H,3-5,10-11,13-16,18H2,1-2H3,(H,31,36)(H2,29,30,32). The van der Waals surface area contributed by atoms with Crippen molar-refractivity contribution in [2.75, 3.05) is 38.5 Å². The molecule has 9 heteroatoms. The van der Waals surface area contributed by atoms with E-state index in [0.29, 0.717) is 40.3 Å². The lowest BCUT2D eigenvalue weighted by Crippen LogP contribution is -2.62. The molecule has 8 nitrogen and oxygen atoms in total. The van der Waals surface area contributed by atoms with Crippen LogP contribution in [0.5, 0.6) is 0 Å². The number of rotatable bonds is 6. The molecule has 2 aliphatic rings. The second-order valence-corrected chi connectivity index (χ2v) is 10.8. The Morgan fingerprint density at radius 1 is 1.14 bits per heavy atom. The van der Waals surface area contributed by atoms with Gasteiger partial charge in [-0.3, -0.25) is 19.2 Å². The van der Waals surface area contributed by atoms with E-state index in [2.05, 4.69) is 38.9 Å². The number of piperazine rings is 1. The van der Waals surface area contributed by atoms with E-state index in [1.165, 1.54) is 19.3 Å². The summed E-state index contributed by atoms with van der Waals surface area (Å²) in [4.78, 5) is 27.5. The summed E-state index contributed by atoms with van der Waals surface area (Å²) < 4.78 is 1.79. The maximum absolute atomic E-state index is 13.7. The van der Waals surface area contributed by atoms with Gasteiger partial charge in [0.15, 0.2) is 0 Å². The van der Waals surface area contributed by atoms with Gasteiger partial charge in [0.1, 0.15) is 5.82 Å². The van der Waals surface area contributed by atoms with E-state index in [4.69, 9.17) is 17.3 Å². The minimum absolute atomic E-state index is 0.0101. The Labute approximate surface area is 217 Å². The molecule has 36 heavy (non-hydrogen) atoms. The molecule has 0 atom stereocenters. The molecular weight excluding hydrogens is 474 g/mol. The summed E-state index contributed by atoms with van der Waals surface area (Å²) in [5, 5.41) is 4.53. The number of amides is 1. The van der Waals surface area contributed by atoms with Gasteiger partial charge in [-0.05, 0) is 44.9 Å². The van der Waals surface area contributed by atoms with Crippen LogP contribution in [0.25, 0.3) is 16.9 Å². The van der Waals surface area contributed by atoms with Crippen LogP contribution in [0.3, 0.4) is 0 Å². The monoisotopic (exact) mass is 509 g/mol. The van der Waals surface area contributed by atoms with Crippen LogP contribution in [-0.4, -0.2) is 74.5 Å². The zero-order valence-electron chi connectivity index (χ0n) is 21.2. The number of anilines is 1. The Morgan fingerprint density at radius 3 is 2.58 bits per heavy atom. The summed E-state index contributed by atoms with van der Waals surface area (Å²) in [5.41, 5.74) is 7.21. The van der Waals surface area contributed by atoms with Gasteiger partial charge in [-0.1, -0.05) is 36.9 Å². The van der Waals surface area contributed by atoms with E-state index in [9.17, 15) is 4.79 Å². The van der Waals surface area contributed by atoms with Gasteiger partial charge in [0.2, 0.25) is 5.95 Å². The fraction of sp³-hybridized carbons (Fsp3) is 0.519. The Balaban J connectivity index is 1.41. The van der Waals surface area contributed by atoms with Crippen LogP contribution >= 0.6 is 11.6 Å². The summed E-state index contributed by atoms with van der Waals surface area (Å²) in [7, 11) is 0. The summed E-state index contributed by atoms with van der Waals surface area (Å²) in [6, 6.07) is 7.80. The molecule has 3 N–H and O–H groups in total. The number of fused-ring (bicyclic) bond motifs is 1. The molecule has 0 bridgehead atoms. The number of nitrogens with two attached hydrogens (primary N) is 1. The molecule has 1 saturated heterocycles. The van der Waals surface area contributed by atoms with Gasteiger partial charge in [0, 0.05) is 62.1 Å². The first-order valence-electron chi connectivity index (χ1n) is 13.0. The zero-order chi connectivity index (χ0) is 25.3. The average molecular weight is 510 g/mol. The molecule has 192 valence electrons. The Bertz CT molecular complexity index is 1230. The highest BCUT2D eigenvalue weighted by molar-refractivity contribution is 6.37. The lowest BCUT2D eigenvalue weighted by Gasteiger charge is -2.50. The molecule has 3 aromatic rings. The van der Waals surface area contributed by atoms with Gasteiger partial charge in [-0.15, -0.1) is 0 Å². The van der Waals surface area contributed by atoms with Crippen LogP contribution in [0.4, 0.5) is 5.82 Å². The van der Waals surface area contributed by atoms with Crippen molar-refractivity contribution in [1.82, 2.24) is 29.7 Å². The number of hydrogen-bond donors (Lipinski definition) is 2. The Kier molecular flexibility index (Phi) is 7.19. The highest BCUT2D eigenvalue weighted by Gasteiger charge is 2.40. The quantitative estimate of drug-likeness (QED) is 0.519. The molecule has 1 amide bonds. The largest absolute Gasteiger partial charge is 0.384 e. The molecule has 5 rings (SSSR count). The van der Waals surface area contributed by atoms with E-state index in [1.54, 1.807) is 23.0 Å². The summed E-state index contributed by atoms with van der Waals surface area (Å²) in [6.45, 7) is 9.43. The molecule has 1 saturated carbocycles. The predicted molar refractivity (Wildman–Crippen MR) is 145 cm³/mol. The van der Waals surface area contributed by atoms with Gasteiger partial charge < -0.3 is 11.1 Å². The number of halogens is 1. The van der Waals surface area contributed by atoms with Gasteiger partial charge >= 0.3 is 0 Å². The fourth-order valence-electron chi connectivity index (χ4n) is 5.93. The summed E-state index contributed by atoms with van der Waals surface area (Å²) in [5.74, 6) is 0.654. The molecule has 0 radical (unpaired) electrons. The van der Waals surface area contributed by atoms with Crippen molar-refractivity contribution in [2.45, 2.75) is 57.5 Å². The van der Waals surface area contributed by atoms with Gasteiger partial charge in [-0.2, -0.15) is 4.98 Å². The normalized spacial score (nSPS) is 19.1. The number of benzene rings is 1. The average Bonchev–Trinajstić information content (AvgIpc) is 3.29. The highest BCUT2D eigenvalue weighted by Crippen LogP contribution is 2.35. The molecule has 0 spiro atoms. The number of hydrogen-bond acceptors (Lipinski definition) is 6. The van der Waals surface area contributed by atoms with Crippen molar-refractivity contribution >= 4 is 34.2 Å². The fourth-order valence-corrected chi connectivity index (χ4v) is 6.20. The summed E-state index contributed by atoms with van der Waals surface area (Å²) >= 11 is 6.60. The van der Waals surface area contributed by atoms with E-state index in [-0.39, 0.29) is 11.4 Å². The van der Waals surface area contributed by atoms with Crippen LogP contribution in [0.1, 0.15) is 56.3 Å². The third kappa shape index (κ3) is 4.82. The van der Waals surface area contributed by atoms with Crippen molar-refractivity contribution in [1.29, 1.82) is 0 Å². The van der Waals surface area contributed by atoms with Crippen molar-refractivity contribution in [3.05, 3.63) is 47.2 Å². The van der Waals surface area contributed by atoms with Crippen molar-refractivity contribution in [3.63, 3.8) is 0 Å². The van der Waals surface area contributed by atoms with Gasteiger partial charge in [0.25, 0.3) is 5.91 Å². The number of nitrogens with one attached hydrogen (secondary N) is 1. The van der Waals surface area contributed by atoms with E-state index in [0.717, 1.165) is 44.5 Å². The highest BCUT2D eigenvalue weighted by atomic mass is 35.5. The maximum Gasteiger partial charge on any atom is 0.253 e. The van der Waals surface area contributed by atoms with Crippen molar-refractivity contribution in [2.24, 2.45) is 0 Å². The lowest BCUT2D eigenvalue weighted by atomic mass is 9.79. The first-order chi connectivity index (χ1) is 17.4. The van der Waals surface area contributed by atoms with Crippen molar-refractivity contribution < 1.29 is 4.79 Å². The first kappa shape index (κ1) is 25.0. The topological polar surface area (TPSA) is 92.3 Å². The molecular formula is C27H36ClN7O. The molecule has 2 aromatic heterocycles. The number of carbonyl (C=O) groups is 1. The lowest BCUT2D eigenvalue weighted by molar-refractivity contribution is 0.000839. The Morgan fingerprint density at radius 2 is 1.89 bits per heavy atom. The molecule has 0 unspecified atom stereocenters. The number of nitrogen functional groups attached to an aromatic ring is 1. The van der Waals surface area contributed by atoms with E-state index < -0.39 is 0 Å². The third-order valence-corrected chi connectivity index (χ3v) is 8.30. The molecule has 3 heterocycles. The van der Waals surface area contributed by atoms with Crippen LogP contribution in [0.15, 0.2) is 36.7 Å². The predicted octanol–water partition coefficient (Wildman–Crippen LogP) is 4.11. The van der Waals surface area contributed by atoms with E-state index in [1.807, 2.05) is 18.2 Å². The molecule has 2 fully saturated rings. The van der Waals surface area contributed by atoms with Crippen molar-refractivity contribution in [3.8, 4) is 5.95 Å². The van der Waals surface area contributed by atoms with Crippen LogP contribution < -0.4 is 11.1 Å². The second kappa shape index (κ2) is 10.4. The number of aromatic nitrogens is 3. The number of carbonyl (C=O) groups excluding carboxylic acids is 1. The minimum Gasteiger partial charge on any atom is -0.384 e. The molecule has 1 aromatic carbocycles. The van der Waals surface area contributed by atoms with E-state index >= 15 is 0 Å². The third-order valence-electron chi connectivity index (χ3n) is 7.98. The first-order valence-corrected chi connectivity index (χ1v) is 13.4. The zero-order valence-corrected chi connectivity index (χ0v) is 22.0. The van der Waals surface area contributed by atoms with Gasteiger partial charge in [-0.25, -0.2) is 4.98 Å². The van der Waals surface area contributed by atoms with Gasteiger partial charge in [0.05, 0.1) is 16.1 Å². The van der Waals surface area contributed by atoms with Crippen LogP contribution in [0.2, 0.25) is 5.02 Å². The summed E-state index contributed by atoms with van der Waals surface area (Å²) in [6.07, 6.45) is 9.31. The van der Waals surface area contributed by atoms with Crippen LogP contribution in [-0.2, 0) is 0 Å². The molecule has 1 aliphatic heterocycles. The smallest absolute Gasteiger partial charge is 0.253 e. The SMILES string of the molecule is CC(C)N1CCN(C2(CNC(=O)c3cn(-c4nccc(N)n4)c4cccc(Cl)c34)CCCCC2)CC1.